The number of carbonyl (C=O) groups excluding carboxylic acids is 1. The lowest BCUT2D eigenvalue weighted by Gasteiger charge is -2.28. The lowest BCUT2D eigenvalue weighted by atomic mass is 9.95. The van der Waals surface area contributed by atoms with Gasteiger partial charge in [-0.1, -0.05) is 19.3 Å². The zero-order chi connectivity index (χ0) is 22.1. The van der Waals surface area contributed by atoms with Crippen molar-refractivity contribution in [3.8, 4) is 0 Å². The summed E-state index contributed by atoms with van der Waals surface area (Å²) in [6.45, 7) is 5.01. The van der Waals surface area contributed by atoms with Gasteiger partial charge in [0.05, 0.1) is 6.33 Å². The monoisotopic (exact) mass is 436 g/mol. The minimum atomic E-state index is -0.224. The molecule has 32 heavy (non-hydrogen) atoms. The SMILES string of the molecule is CC(C)n1cnc(Nc2nc(N3CCCC3C(=O)NC3CCCCC3)nn3cccc23)c1. The second-order valence-electron chi connectivity index (χ2n) is 9.22. The highest BCUT2D eigenvalue weighted by Crippen LogP contribution is 2.27. The van der Waals surface area contributed by atoms with Gasteiger partial charge in [-0.3, -0.25) is 4.79 Å². The van der Waals surface area contributed by atoms with Crippen LogP contribution < -0.4 is 15.5 Å². The molecular weight excluding hydrogens is 404 g/mol. The van der Waals surface area contributed by atoms with Crippen molar-refractivity contribution < 1.29 is 4.79 Å². The topological polar surface area (TPSA) is 92.4 Å². The average Bonchev–Trinajstić information content (AvgIpc) is 3.54. The Morgan fingerprint density at radius 1 is 1.16 bits per heavy atom. The summed E-state index contributed by atoms with van der Waals surface area (Å²) in [5.74, 6) is 2.10. The maximum atomic E-state index is 13.1. The molecule has 1 atom stereocenters. The summed E-state index contributed by atoms with van der Waals surface area (Å²) in [5.41, 5.74) is 0.871. The van der Waals surface area contributed by atoms with Crippen LogP contribution in [0.3, 0.4) is 0 Å². The fraction of sp³-hybridized carbons (Fsp3) is 0.565. The molecule has 5 rings (SSSR count). The molecule has 1 saturated heterocycles. The van der Waals surface area contributed by atoms with Gasteiger partial charge >= 0.3 is 0 Å². The van der Waals surface area contributed by atoms with Crippen LogP contribution in [0.5, 0.6) is 0 Å². The van der Waals surface area contributed by atoms with E-state index in [9.17, 15) is 4.79 Å². The Kier molecular flexibility index (Phi) is 5.71. The molecule has 2 N–H and O–H groups in total. The molecule has 9 nitrogen and oxygen atoms in total. The first-order valence-corrected chi connectivity index (χ1v) is 11.8. The molecular formula is C23H32N8O. The van der Waals surface area contributed by atoms with Gasteiger partial charge in [-0.25, -0.2) is 9.50 Å². The average molecular weight is 437 g/mol. The van der Waals surface area contributed by atoms with E-state index in [1.165, 1.54) is 19.3 Å². The van der Waals surface area contributed by atoms with Crippen molar-refractivity contribution in [2.45, 2.75) is 76.9 Å². The highest BCUT2D eigenvalue weighted by Gasteiger charge is 2.34. The standard InChI is InChI=1S/C23H32N8O/c1-16(2)29-14-20(24-15-29)26-21-18-10-7-13-31(18)28-23(27-21)30-12-6-11-19(30)22(32)25-17-8-4-3-5-9-17/h7,10,13-17,19H,3-6,8-9,11-12H2,1-2H3,(H,25,32)(H,26,27,28). The van der Waals surface area contributed by atoms with Crippen LogP contribution in [-0.2, 0) is 4.79 Å². The van der Waals surface area contributed by atoms with Crippen molar-refractivity contribution in [3.63, 3.8) is 0 Å². The van der Waals surface area contributed by atoms with E-state index in [0.717, 1.165) is 43.6 Å². The number of anilines is 3. The number of fused-ring (bicyclic) bond motifs is 1. The minimum Gasteiger partial charge on any atom is -0.352 e. The normalized spacial score (nSPS) is 19.7. The number of carbonyl (C=O) groups is 1. The molecule has 1 unspecified atom stereocenters. The van der Waals surface area contributed by atoms with Gasteiger partial charge in [0, 0.05) is 31.0 Å². The van der Waals surface area contributed by atoms with Crippen LogP contribution in [0.1, 0.15) is 64.8 Å². The number of rotatable bonds is 6. The predicted octanol–water partition coefficient (Wildman–Crippen LogP) is 3.67. The van der Waals surface area contributed by atoms with Gasteiger partial charge in [-0.2, -0.15) is 4.98 Å². The first kappa shape index (κ1) is 20.8. The van der Waals surface area contributed by atoms with E-state index in [0.29, 0.717) is 23.8 Å². The highest BCUT2D eigenvalue weighted by atomic mass is 16.2. The minimum absolute atomic E-state index is 0.107. The van der Waals surface area contributed by atoms with E-state index in [4.69, 9.17) is 10.1 Å². The molecule has 0 aromatic carbocycles. The first-order valence-electron chi connectivity index (χ1n) is 11.8. The molecule has 2 aliphatic rings. The summed E-state index contributed by atoms with van der Waals surface area (Å²) in [7, 11) is 0. The zero-order valence-corrected chi connectivity index (χ0v) is 18.9. The number of nitrogens with zero attached hydrogens (tertiary/aromatic N) is 6. The summed E-state index contributed by atoms with van der Waals surface area (Å²) in [5, 5.41) is 11.4. The Morgan fingerprint density at radius 2 is 2.00 bits per heavy atom. The van der Waals surface area contributed by atoms with E-state index >= 15 is 0 Å². The Morgan fingerprint density at radius 3 is 2.78 bits per heavy atom. The largest absolute Gasteiger partial charge is 0.352 e. The van der Waals surface area contributed by atoms with Crippen molar-refractivity contribution in [2.75, 3.05) is 16.8 Å². The number of hydrogen-bond acceptors (Lipinski definition) is 6. The summed E-state index contributed by atoms with van der Waals surface area (Å²) in [6, 6.07) is 4.34. The van der Waals surface area contributed by atoms with Gasteiger partial charge in [0.1, 0.15) is 17.4 Å². The van der Waals surface area contributed by atoms with Crippen LogP contribution in [0.25, 0.3) is 5.52 Å². The van der Waals surface area contributed by atoms with E-state index in [1.54, 1.807) is 0 Å². The van der Waals surface area contributed by atoms with Crippen molar-refractivity contribution in [3.05, 3.63) is 30.9 Å². The van der Waals surface area contributed by atoms with Crippen LogP contribution in [0.2, 0.25) is 0 Å². The molecule has 2 fully saturated rings. The molecule has 4 heterocycles. The molecule has 1 aliphatic carbocycles. The molecule has 0 bridgehead atoms. The van der Waals surface area contributed by atoms with Crippen LogP contribution in [-0.4, -0.2) is 48.7 Å². The van der Waals surface area contributed by atoms with Gasteiger partial charge in [-0.15, -0.1) is 5.10 Å². The van der Waals surface area contributed by atoms with Gasteiger partial charge < -0.3 is 20.1 Å². The third-order valence-corrected chi connectivity index (χ3v) is 6.59. The van der Waals surface area contributed by atoms with Gasteiger partial charge in [-0.05, 0) is 51.7 Å². The van der Waals surface area contributed by atoms with E-state index in [1.807, 2.05) is 39.9 Å². The van der Waals surface area contributed by atoms with Gasteiger partial charge in [0.25, 0.3) is 0 Å². The Bertz CT molecular complexity index is 1080. The van der Waals surface area contributed by atoms with Crippen LogP contribution >= 0.6 is 0 Å². The van der Waals surface area contributed by atoms with Crippen molar-refractivity contribution in [1.29, 1.82) is 0 Å². The molecule has 0 radical (unpaired) electrons. The molecule has 170 valence electrons. The molecule has 3 aromatic heterocycles. The van der Waals surface area contributed by atoms with E-state index in [2.05, 4.69) is 34.4 Å². The maximum Gasteiger partial charge on any atom is 0.246 e. The second kappa shape index (κ2) is 8.80. The second-order valence-corrected chi connectivity index (χ2v) is 9.22. The van der Waals surface area contributed by atoms with Crippen LogP contribution in [0.15, 0.2) is 30.9 Å². The summed E-state index contributed by atoms with van der Waals surface area (Å²) >= 11 is 0. The van der Waals surface area contributed by atoms with Crippen LogP contribution in [0.4, 0.5) is 17.6 Å². The third-order valence-electron chi connectivity index (χ3n) is 6.59. The molecule has 1 saturated carbocycles. The van der Waals surface area contributed by atoms with E-state index < -0.39 is 0 Å². The lowest BCUT2D eigenvalue weighted by molar-refractivity contribution is -0.123. The number of amides is 1. The van der Waals surface area contributed by atoms with Crippen molar-refractivity contribution >= 4 is 29.0 Å². The molecule has 1 aliphatic heterocycles. The summed E-state index contributed by atoms with van der Waals surface area (Å²) in [6.07, 6.45) is 13.3. The number of imidazole rings is 1. The highest BCUT2D eigenvalue weighted by molar-refractivity contribution is 5.85. The van der Waals surface area contributed by atoms with E-state index in [-0.39, 0.29) is 11.9 Å². The van der Waals surface area contributed by atoms with Crippen molar-refractivity contribution in [1.82, 2.24) is 29.5 Å². The smallest absolute Gasteiger partial charge is 0.246 e. The van der Waals surface area contributed by atoms with Gasteiger partial charge in [0.15, 0.2) is 5.82 Å². The number of hydrogen-bond donors (Lipinski definition) is 2. The third kappa shape index (κ3) is 4.16. The predicted molar refractivity (Wildman–Crippen MR) is 124 cm³/mol. The maximum absolute atomic E-state index is 13.1. The fourth-order valence-electron chi connectivity index (χ4n) is 4.76. The Hall–Kier alpha value is -3.10. The first-order chi connectivity index (χ1) is 15.6. The van der Waals surface area contributed by atoms with Crippen LogP contribution in [0, 0.1) is 0 Å². The summed E-state index contributed by atoms with van der Waals surface area (Å²) in [4.78, 5) is 24.5. The van der Waals surface area contributed by atoms with Crippen molar-refractivity contribution in [2.24, 2.45) is 0 Å². The Labute approximate surface area is 188 Å². The number of nitrogens with one attached hydrogen (secondary N) is 2. The quantitative estimate of drug-likeness (QED) is 0.613. The zero-order valence-electron chi connectivity index (χ0n) is 18.9. The number of aromatic nitrogens is 5. The lowest BCUT2D eigenvalue weighted by Crippen LogP contribution is -2.48. The molecule has 9 heteroatoms. The fourth-order valence-corrected chi connectivity index (χ4v) is 4.76. The van der Waals surface area contributed by atoms with Gasteiger partial charge in [0.2, 0.25) is 11.9 Å². The Balaban J connectivity index is 1.39. The molecule has 0 spiro atoms. The molecule has 1 amide bonds. The summed E-state index contributed by atoms with van der Waals surface area (Å²) < 4.78 is 3.87. The molecule has 3 aromatic rings.